The summed E-state index contributed by atoms with van der Waals surface area (Å²) < 4.78 is 14.1. The fourth-order valence-electron chi connectivity index (χ4n) is 3.83. The van der Waals surface area contributed by atoms with Gasteiger partial charge in [0.1, 0.15) is 5.69 Å². The van der Waals surface area contributed by atoms with Crippen LogP contribution < -0.4 is 0 Å². The molecule has 0 bridgehead atoms. The zero-order valence-electron chi connectivity index (χ0n) is 19.5. The molecule has 2 aromatic rings. The van der Waals surface area contributed by atoms with Crippen molar-refractivity contribution >= 4 is 30.2 Å². The number of carboxylic acids is 1. The van der Waals surface area contributed by atoms with E-state index in [0.717, 1.165) is 0 Å². The standard InChI is InChI=1S/C23H28N2O9/c1-12-13(5-7-19(27)32-2)22(23(30)31)25-16(12)10-17-14(6-8-20(28)33-3)15(9-21(29)34-4)18(11-26)24-17/h11,24-25H,5-10H2,1-4H3,(H,30,31). The van der Waals surface area contributed by atoms with Gasteiger partial charge in [0.25, 0.3) is 0 Å². The number of rotatable bonds is 12. The largest absolute Gasteiger partial charge is 0.477 e. The molecule has 184 valence electrons. The maximum atomic E-state index is 11.9. The third-order valence-electron chi connectivity index (χ3n) is 5.67. The molecule has 0 atom stereocenters. The zero-order chi connectivity index (χ0) is 25.4. The summed E-state index contributed by atoms with van der Waals surface area (Å²) in [6, 6.07) is 0. The van der Waals surface area contributed by atoms with Crippen LogP contribution in [0, 0.1) is 6.92 Å². The summed E-state index contributed by atoms with van der Waals surface area (Å²) in [6.07, 6.45) is 0.968. The average Bonchev–Trinajstić information content (AvgIpc) is 3.32. The van der Waals surface area contributed by atoms with Crippen molar-refractivity contribution in [2.45, 2.75) is 45.4 Å². The first-order valence-corrected chi connectivity index (χ1v) is 10.5. The van der Waals surface area contributed by atoms with E-state index in [-0.39, 0.29) is 49.9 Å². The molecule has 2 heterocycles. The predicted octanol–water partition coefficient (Wildman–Crippen LogP) is 1.68. The summed E-state index contributed by atoms with van der Waals surface area (Å²) in [6.45, 7) is 1.73. The summed E-state index contributed by atoms with van der Waals surface area (Å²) in [5.74, 6) is -2.65. The molecule has 0 unspecified atom stereocenters. The maximum Gasteiger partial charge on any atom is 0.352 e. The summed E-state index contributed by atoms with van der Waals surface area (Å²) in [5.41, 5.74) is 3.36. The Kier molecular flexibility index (Phi) is 9.17. The van der Waals surface area contributed by atoms with E-state index in [2.05, 4.69) is 14.7 Å². The number of aldehydes is 1. The Morgan fingerprint density at radius 2 is 1.38 bits per heavy atom. The van der Waals surface area contributed by atoms with Crippen LogP contribution in [0.25, 0.3) is 0 Å². The Morgan fingerprint density at radius 3 is 1.88 bits per heavy atom. The molecule has 3 N–H and O–H groups in total. The number of H-pyrrole nitrogens is 2. The molecular weight excluding hydrogens is 448 g/mol. The van der Waals surface area contributed by atoms with E-state index < -0.39 is 23.9 Å². The third-order valence-corrected chi connectivity index (χ3v) is 5.67. The number of ether oxygens (including phenoxy) is 3. The first-order valence-electron chi connectivity index (χ1n) is 10.5. The SMILES string of the molecule is COC(=O)CCc1c(C(=O)O)[nH]c(Cc2[nH]c(C=O)c(CC(=O)OC)c2CCC(=O)OC)c1C. The highest BCUT2D eigenvalue weighted by molar-refractivity contribution is 5.88. The smallest absolute Gasteiger partial charge is 0.352 e. The van der Waals surface area contributed by atoms with E-state index in [4.69, 9.17) is 9.47 Å². The van der Waals surface area contributed by atoms with E-state index in [1.807, 2.05) is 0 Å². The van der Waals surface area contributed by atoms with Crippen LogP contribution >= 0.6 is 0 Å². The Labute approximate surface area is 195 Å². The van der Waals surface area contributed by atoms with Gasteiger partial charge in [-0.25, -0.2) is 4.79 Å². The summed E-state index contributed by atoms with van der Waals surface area (Å²) >= 11 is 0. The van der Waals surface area contributed by atoms with E-state index in [1.54, 1.807) is 6.92 Å². The van der Waals surface area contributed by atoms with Crippen molar-refractivity contribution in [2.75, 3.05) is 21.3 Å². The Hall–Kier alpha value is -3.89. The Bertz CT molecular complexity index is 1090. The van der Waals surface area contributed by atoms with Gasteiger partial charge in [-0.05, 0) is 42.0 Å². The minimum atomic E-state index is -1.17. The lowest BCUT2D eigenvalue weighted by Crippen LogP contribution is -2.09. The number of hydrogen-bond acceptors (Lipinski definition) is 8. The number of carbonyl (C=O) groups excluding carboxylic acids is 4. The minimum Gasteiger partial charge on any atom is -0.477 e. The molecule has 0 saturated carbocycles. The van der Waals surface area contributed by atoms with Crippen LogP contribution in [0.1, 0.15) is 67.5 Å². The maximum absolute atomic E-state index is 11.9. The molecule has 0 aliphatic carbocycles. The van der Waals surface area contributed by atoms with Crippen LogP contribution in [0.15, 0.2) is 0 Å². The molecule has 11 heteroatoms. The number of aromatic nitrogens is 2. The molecule has 34 heavy (non-hydrogen) atoms. The average molecular weight is 476 g/mol. The zero-order valence-corrected chi connectivity index (χ0v) is 19.5. The highest BCUT2D eigenvalue weighted by Gasteiger charge is 2.24. The molecule has 0 radical (unpaired) electrons. The number of hydrogen-bond donors (Lipinski definition) is 3. The second-order valence-electron chi connectivity index (χ2n) is 7.56. The molecule has 2 aromatic heterocycles. The lowest BCUT2D eigenvalue weighted by Gasteiger charge is -2.08. The molecule has 0 saturated heterocycles. The van der Waals surface area contributed by atoms with Crippen molar-refractivity contribution in [3.05, 3.63) is 45.0 Å². The lowest BCUT2D eigenvalue weighted by atomic mass is 9.97. The molecule has 0 fully saturated rings. The highest BCUT2D eigenvalue weighted by atomic mass is 16.5. The predicted molar refractivity (Wildman–Crippen MR) is 118 cm³/mol. The first-order chi connectivity index (χ1) is 16.2. The number of aromatic amines is 2. The monoisotopic (exact) mass is 476 g/mol. The minimum absolute atomic E-state index is 0.0142. The fraction of sp³-hybridized carbons (Fsp3) is 0.435. The van der Waals surface area contributed by atoms with Crippen molar-refractivity contribution < 1.29 is 43.3 Å². The van der Waals surface area contributed by atoms with E-state index in [1.165, 1.54) is 21.3 Å². The van der Waals surface area contributed by atoms with Gasteiger partial charge >= 0.3 is 23.9 Å². The van der Waals surface area contributed by atoms with Crippen molar-refractivity contribution in [3.63, 3.8) is 0 Å². The third kappa shape index (κ3) is 6.12. The summed E-state index contributed by atoms with van der Waals surface area (Å²) in [7, 11) is 3.75. The number of carboxylic acid groups (broad SMARTS) is 1. The molecule has 0 aliphatic rings. The van der Waals surface area contributed by atoms with Gasteiger partial charge in [0.15, 0.2) is 6.29 Å². The second-order valence-corrected chi connectivity index (χ2v) is 7.56. The Balaban J connectivity index is 2.51. The second kappa shape index (κ2) is 11.8. The van der Waals surface area contributed by atoms with Crippen LogP contribution in [0.4, 0.5) is 0 Å². The van der Waals surface area contributed by atoms with Gasteiger partial charge in [-0.3, -0.25) is 19.2 Å². The molecule has 11 nitrogen and oxygen atoms in total. The van der Waals surface area contributed by atoms with Crippen LogP contribution in [0.2, 0.25) is 0 Å². The number of esters is 3. The Morgan fingerprint density at radius 1 is 0.824 bits per heavy atom. The molecule has 0 aromatic carbocycles. The van der Waals surface area contributed by atoms with Gasteiger partial charge in [0.05, 0.1) is 33.4 Å². The van der Waals surface area contributed by atoms with Crippen molar-refractivity contribution in [3.8, 4) is 0 Å². The van der Waals surface area contributed by atoms with Crippen LogP contribution in [0.3, 0.4) is 0 Å². The molecule has 0 spiro atoms. The molecular formula is C23H28N2O9. The lowest BCUT2D eigenvalue weighted by molar-refractivity contribution is -0.141. The van der Waals surface area contributed by atoms with Gasteiger partial charge in [0.2, 0.25) is 0 Å². The van der Waals surface area contributed by atoms with Gasteiger partial charge in [-0.15, -0.1) is 0 Å². The van der Waals surface area contributed by atoms with Gasteiger partial charge in [-0.1, -0.05) is 0 Å². The normalized spacial score (nSPS) is 10.6. The molecule has 2 rings (SSSR count). The van der Waals surface area contributed by atoms with E-state index in [9.17, 15) is 29.1 Å². The first kappa shape index (κ1) is 26.4. The van der Waals surface area contributed by atoms with Gasteiger partial charge in [-0.2, -0.15) is 0 Å². The van der Waals surface area contributed by atoms with Crippen LogP contribution in [-0.4, -0.2) is 66.6 Å². The van der Waals surface area contributed by atoms with Crippen LogP contribution in [0.5, 0.6) is 0 Å². The topological polar surface area (TPSA) is 165 Å². The van der Waals surface area contributed by atoms with E-state index in [0.29, 0.717) is 39.9 Å². The van der Waals surface area contributed by atoms with Crippen molar-refractivity contribution in [2.24, 2.45) is 0 Å². The summed E-state index contributed by atoms with van der Waals surface area (Å²) in [4.78, 5) is 64.6. The van der Waals surface area contributed by atoms with Crippen molar-refractivity contribution in [1.29, 1.82) is 0 Å². The van der Waals surface area contributed by atoms with Crippen LogP contribution in [-0.2, 0) is 54.3 Å². The number of methoxy groups -OCH3 is 3. The quantitative estimate of drug-likeness (QED) is 0.235. The number of nitrogens with one attached hydrogen (secondary N) is 2. The summed E-state index contributed by atoms with van der Waals surface area (Å²) in [5, 5.41) is 9.63. The van der Waals surface area contributed by atoms with E-state index >= 15 is 0 Å². The van der Waals surface area contributed by atoms with Crippen molar-refractivity contribution in [1.82, 2.24) is 9.97 Å². The highest BCUT2D eigenvalue weighted by Crippen LogP contribution is 2.27. The van der Waals surface area contributed by atoms with Gasteiger partial charge in [0, 0.05) is 30.7 Å². The molecule has 0 amide bonds. The number of carbonyl (C=O) groups is 5. The number of aromatic carboxylic acids is 1. The van der Waals surface area contributed by atoms with Gasteiger partial charge < -0.3 is 29.3 Å². The molecule has 0 aliphatic heterocycles. The fourth-order valence-corrected chi connectivity index (χ4v) is 3.83.